The normalized spacial score (nSPS) is 10.8. The number of aromatic nitrogens is 3. The van der Waals surface area contributed by atoms with Gasteiger partial charge in [0.1, 0.15) is 11.6 Å². The van der Waals surface area contributed by atoms with Crippen LogP contribution in [0.25, 0.3) is 11.6 Å². The van der Waals surface area contributed by atoms with Gasteiger partial charge in [-0.1, -0.05) is 11.2 Å². The summed E-state index contributed by atoms with van der Waals surface area (Å²) in [4.78, 5) is 8.17. The lowest BCUT2D eigenvalue weighted by atomic mass is 10.1. The van der Waals surface area contributed by atoms with Crippen molar-refractivity contribution in [3.8, 4) is 11.6 Å². The second-order valence-electron chi connectivity index (χ2n) is 4.37. The lowest BCUT2D eigenvalue weighted by molar-refractivity contribution is 0.422. The molecular formula is C14H10F2N4O. The summed E-state index contributed by atoms with van der Waals surface area (Å²) in [6.07, 6.45) is 1.64. The van der Waals surface area contributed by atoms with Crippen LogP contribution in [0.4, 0.5) is 14.5 Å². The van der Waals surface area contributed by atoms with E-state index < -0.39 is 11.6 Å². The van der Waals surface area contributed by atoms with Crippen molar-refractivity contribution >= 4 is 5.69 Å². The summed E-state index contributed by atoms with van der Waals surface area (Å²) in [5, 5.41) is 3.75. The first-order valence-electron chi connectivity index (χ1n) is 6.11. The Hall–Kier alpha value is -2.83. The van der Waals surface area contributed by atoms with Crippen LogP contribution in [0, 0.1) is 11.6 Å². The number of hydrogen-bond donors (Lipinski definition) is 1. The lowest BCUT2D eigenvalue weighted by Crippen LogP contribution is -1.96. The monoisotopic (exact) mass is 288 g/mol. The minimum absolute atomic E-state index is 0.0857. The number of hydrogen-bond acceptors (Lipinski definition) is 5. The predicted octanol–water partition coefficient (Wildman–Crippen LogP) is 2.58. The number of nitrogen functional groups attached to an aromatic ring is 1. The van der Waals surface area contributed by atoms with Gasteiger partial charge < -0.3 is 10.3 Å². The highest BCUT2D eigenvalue weighted by atomic mass is 19.1. The molecule has 7 heteroatoms. The molecule has 0 radical (unpaired) electrons. The van der Waals surface area contributed by atoms with Gasteiger partial charge in [-0.25, -0.2) is 13.8 Å². The molecule has 0 saturated heterocycles. The predicted molar refractivity (Wildman–Crippen MR) is 71.1 cm³/mol. The third kappa shape index (κ3) is 2.71. The SMILES string of the molecule is Nc1cccnc1-c1nc(Cc2ccc(F)cc2F)no1. The number of nitrogens with two attached hydrogens (primary N) is 1. The number of benzene rings is 1. The zero-order chi connectivity index (χ0) is 14.8. The molecule has 0 spiro atoms. The standard InChI is InChI=1S/C14H10F2N4O/c15-9-4-3-8(10(16)7-9)6-12-19-14(21-20-12)13-11(17)2-1-5-18-13/h1-5,7H,6,17H2. The molecule has 2 aromatic heterocycles. The molecule has 0 amide bonds. The molecule has 1 aromatic carbocycles. The van der Waals surface area contributed by atoms with Gasteiger partial charge in [0, 0.05) is 18.7 Å². The van der Waals surface area contributed by atoms with Gasteiger partial charge >= 0.3 is 0 Å². The maximum Gasteiger partial charge on any atom is 0.278 e. The fourth-order valence-corrected chi connectivity index (χ4v) is 1.85. The van der Waals surface area contributed by atoms with Crippen LogP contribution in [-0.4, -0.2) is 15.1 Å². The zero-order valence-corrected chi connectivity index (χ0v) is 10.8. The fourth-order valence-electron chi connectivity index (χ4n) is 1.85. The average Bonchev–Trinajstić information content (AvgIpc) is 2.91. The van der Waals surface area contributed by atoms with Crippen molar-refractivity contribution in [3.63, 3.8) is 0 Å². The van der Waals surface area contributed by atoms with Crippen molar-refractivity contribution < 1.29 is 13.3 Å². The van der Waals surface area contributed by atoms with E-state index in [-0.39, 0.29) is 23.7 Å². The first kappa shape index (κ1) is 13.2. The van der Waals surface area contributed by atoms with Crippen LogP contribution < -0.4 is 5.73 Å². The van der Waals surface area contributed by atoms with Crippen LogP contribution in [-0.2, 0) is 6.42 Å². The Morgan fingerprint density at radius 2 is 2.05 bits per heavy atom. The van der Waals surface area contributed by atoms with Gasteiger partial charge in [-0.2, -0.15) is 4.98 Å². The molecule has 2 heterocycles. The second kappa shape index (κ2) is 5.28. The van der Waals surface area contributed by atoms with Crippen molar-refractivity contribution in [1.29, 1.82) is 0 Å². The molecule has 0 aliphatic carbocycles. The minimum atomic E-state index is -0.654. The molecular weight excluding hydrogens is 278 g/mol. The van der Waals surface area contributed by atoms with E-state index in [9.17, 15) is 8.78 Å². The first-order chi connectivity index (χ1) is 10.1. The van der Waals surface area contributed by atoms with E-state index >= 15 is 0 Å². The molecule has 0 aliphatic heterocycles. The van der Waals surface area contributed by atoms with Crippen molar-refractivity contribution in [2.45, 2.75) is 6.42 Å². The summed E-state index contributed by atoms with van der Waals surface area (Å²) in [7, 11) is 0. The summed E-state index contributed by atoms with van der Waals surface area (Å²) in [5.74, 6) is -0.865. The molecule has 0 bridgehead atoms. The van der Waals surface area contributed by atoms with Gasteiger partial charge in [-0.15, -0.1) is 0 Å². The van der Waals surface area contributed by atoms with Crippen LogP contribution in [0.1, 0.15) is 11.4 Å². The smallest absolute Gasteiger partial charge is 0.278 e. The maximum atomic E-state index is 13.6. The molecule has 0 atom stereocenters. The number of rotatable bonds is 3. The molecule has 3 aromatic rings. The number of pyridine rings is 1. The van der Waals surface area contributed by atoms with E-state index in [0.29, 0.717) is 11.4 Å². The first-order valence-corrected chi connectivity index (χ1v) is 6.11. The third-order valence-corrected chi connectivity index (χ3v) is 2.87. The molecule has 21 heavy (non-hydrogen) atoms. The van der Waals surface area contributed by atoms with E-state index in [1.165, 1.54) is 12.1 Å². The quantitative estimate of drug-likeness (QED) is 0.801. The average molecular weight is 288 g/mol. The Kier molecular flexibility index (Phi) is 3.31. The lowest BCUT2D eigenvalue weighted by Gasteiger charge is -1.99. The van der Waals surface area contributed by atoms with Gasteiger partial charge in [0.05, 0.1) is 5.69 Å². The van der Waals surface area contributed by atoms with Crippen molar-refractivity contribution in [2.75, 3.05) is 5.73 Å². The summed E-state index contributed by atoms with van der Waals surface area (Å²) in [5.41, 5.74) is 6.81. The van der Waals surface area contributed by atoms with Gasteiger partial charge in [0.25, 0.3) is 5.89 Å². The summed E-state index contributed by atoms with van der Waals surface area (Å²) in [6, 6.07) is 6.68. The Morgan fingerprint density at radius 1 is 1.19 bits per heavy atom. The largest absolute Gasteiger partial charge is 0.397 e. The summed E-state index contributed by atoms with van der Waals surface area (Å²) < 4.78 is 31.5. The Labute approximate surface area is 118 Å². The van der Waals surface area contributed by atoms with E-state index in [0.717, 1.165) is 6.07 Å². The maximum absolute atomic E-state index is 13.6. The van der Waals surface area contributed by atoms with Gasteiger partial charge in [-0.3, -0.25) is 0 Å². The zero-order valence-electron chi connectivity index (χ0n) is 10.8. The van der Waals surface area contributed by atoms with E-state index in [2.05, 4.69) is 15.1 Å². The topological polar surface area (TPSA) is 77.8 Å². The molecule has 0 saturated carbocycles. The van der Waals surface area contributed by atoms with E-state index in [1.807, 2.05) is 0 Å². The number of nitrogens with zero attached hydrogens (tertiary/aromatic N) is 3. The second-order valence-corrected chi connectivity index (χ2v) is 4.37. The Bertz CT molecular complexity index is 788. The van der Waals surface area contributed by atoms with Gasteiger partial charge in [-0.05, 0) is 23.8 Å². The molecule has 0 unspecified atom stereocenters. The molecule has 0 fully saturated rings. The van der Waals surface area contributed by atoms with Crippen molar-refractivity contribution in [1.82, 2.24) is 15.1 Å². The molecule has 2 N–H and O–H groups in total. The van der Waals surface area contributed by atoms with Gasteiger partial charge in [0.2, 0.25) is 0 Å². The Morgan fingerprint density at radius 3 is 2.81 bits per heavy atom. The van der Waals surface area contributed by atoms with Gasteiger partial charge in [0.15, 0.2) is 11.5 Å². The van der Waals surface area contributed by atoms with Crippen LogP contribution in [0.5, 0.6) is 0 Å². The highest BCUT2D eigenvalue weighted by Gasteiger charge is 2.14. The molecule has 0 aliphatic rings. The Balaban J connectivity index is 1.87. The summed E-state index contributed by atoms with van der Waals surface area (Å²) >= 11 is 0. The molecule has 5 nitrogen and oxygen atoms in total. The van der Waals surface area contributed by atoms with Crippen LogP contribution in [0.15, 0.2) is 41.1 Å². The van der Waals surface area contributed by atoms with E-state index in [1.54, 1.807) is 18.3 Å². The number of anilines is 1. The van der Waals surface area contributed by atoms with Crippen molar-refractivity contribution in [2.24, 2.45) is 0 Å². The third-order valence-electron chi connectivity index (χ3n) is 2.87. The minimum Gasteiger partial charge on any atom is -0.397 e. The molecule has 3 rings (SSSR count). The fraction of sp³-hybridized carbons (Fsp3) is 0.0714. The van der Waals surface area contributed by atoms with Crippen LogP contribution in [0.2, 0.25) is 0 Å². The van der Waals surface area contributed by atoms with Crippen LogP contribution in [0.3, 0.4) is 0 Å². The van der Waals surface area contributed by atoms with E-state index in [4.69, 9.17) is 10.3 Å². The van der Waals surface area contributed by atoms with Crippen LogP contribution >= 0.6 is 0 Å². The molecule has 106 valence electrons. The highest BCUT2D eigenvalue weighted by molar-refractivity contribution is 5.65. The highest BCUT2D eigenvalue weighted by Crippen LogP contribution is 2.21. The van der Waals surface area contributed by atoms with Crippen molar-refractivity contribution in [3.05, 3.63) is 59.6 Å². The number of halogens is 2. The summed E-state index contributed by atoms with van der Waals surface area (Å²) in [6.45, 7) is 0.